The zero-order valence-corrected chi connectivity index (χ0v) is 21.0. The minimum absolute atomic E-state index is 0.227. The molecular weight excluding hydrogens is 462 g/mol. The Hall–Kier alpha value is -3.65. The number of rotatable bonds is 5. The topological polar surface area (TPSA) is 71.1 Å². The molecule has 0 unspecified atom stereocenters. The maximum Gasteiger partial charge on any atom is 0.340 e. The van der Waals surface area contributed by atoms with Crippen molar-refractivity contribution in [1.82, 2.24) is 5.32 Å². The Balaban J connectivity index is 1.77. The van der Waals surface area contributed by atoms with Crippen LogP contribution in [0, 0.1) is 0 Å². The fourth-order valence-electron chi connectivity index (χ4n) is 4.67. The Morgan fingerprint density at radius 3 is 2.03 bits per heavy atom. The van der Waals surface area contributed by atoms with Gasteiger partial charge in [-0.1, -0.05) is 0 Å². The van der Waals surface area contributed by atoms with Crippen LogP contribution in [-0.4, -0.2) is 52.4 Å². The van der Waals surface area contributed by atoms with Crippen molar-refractivity contribution in [3.8, 4) is 11.5 Å². The van der Waals surface area contributed by atoms with Gasteiger partial charge in [-0.2, -0.15) is 12.6 Å². The van der Waals surface area contributed by atoms with E-state index >= 15 is 0 Å². The molecule has 2 aliphatic heterocycles. The molecule has 7 nitrogen and oxygen atoms in total. The lowest BCUT2D eigenvalue weighted by Gasteiger charge is -2.37. The van der Waals surface area contributed by atoms with E-state index in [2.05, 4.69) is 17.9 Å². The number of hydrogen-bond donors (Lipinski definition) is 2. The van der Waals surface area contributed by atoms with Crippen molar-refractivity contribution in [2.24, 2.45) is 0 Å². The second-order valence-corrected chi connectivity index (χ2v) is 9.51. The molecule has 3 aromatic carbocycles. The zero-order valence-electron chi connectivity index (χ0n) is 20.1. The molecule has 0 radical (unpaired) electrons. The third-order valence-electron chi connectivity index (χ3n) is 6.47. The smallest absolute Gasteiger partial charge is 0.340 e. The van der Waals surface area contributed by atoms with Crippen molar-refractivity contribution in [1.29, 1.82) is 0 Å². The van der Waals surface area contributed by atoms with E-state index in [1.54, 1.807) is 18.2 Å². The average molecular weight is 490 g/mol. The first-order valence-electron chi connectivity index (χ1n) is 11.3. The molecule has 0 saturated heterocycles. The molecule has 3 aromatic rings. The Morgan fingerprint density at radius 1 is 0.886 bits per heavy atom. The second-order valence-electron chi connectivity index (χ2n) is 9.06. The van der Waals surface area contributed by atoms with Crippen molar-refractivity contribution in [2.75, 3.05) is 50.3 Å². The predicted octanol–water partition coefficient (Wildman–Crippen LogP) is 4.05. The van der Waals surface area contributed by atoms with Crippen molar-refractivity contribution in [3.63, 3.8) is 0 Å². The van der Waals surface area contributed by atoms with E-state index in [9.17, 15) is 9.59 Å². The first-order valence-corrected chi connectivity index (χ1v) is 12.0. The minimum Gasteiger partial charge on any atom is -0.456 e. The number of carbonyl (C=O) groups is 2. The summed E-state index contributed by atoms with van der Waals surface area (Å²) in [5.74, 6) is 1.07. The molecule has 0 aliphatic carbocycles. The van der Waals surface area contributed by atoms with E-state index in [0.29, 0.717) is 51.6 Å². The van der Waals surface area contributed by atoms with E-state index in [1.165, 1.54) is 0 Å². The average Bonchev–Trinajstić information content (AvgIpc) is 3.14. The van der Waals surface area contributed by atoms with Gasteiger partial charge in [-0.3, -0.25) is 4.79 Å². The maximum atomic E-state index is 13.2. The number of amides is 1. The first kappa shape index (κ1) is 23.1. The largest absolute Gasteiger partial charge is 0.456 e. The van der Waals surface area contributed by atoms with Crippen molar-refractivity contribution >= 4 is 35.9 Å². The molecular formula is C27H27N3O4S. The van der Waals surface area contributed by atoms with Gasteiger partial charge in [-0.15, -0.1) is 0 Å². The summed E-state index contributed by atoms with van der Waals surface area (Å²) >= 11 is 4.17. The van der Waals surface area contributed by atoms with E-state index in [1.807, 2.05) is 74.4 Å². The van der Waals surface area contributed by atoms with Gasteiger partial charge in [0.2, 0.25) is 0 Å². The molecule has 1 amide bonds. The Kier molecular flexibility index (Phi) is 5.63. The van der Waals surface area contributed by atoms with Crippen LogP contribution in [0.1, 0.15) is 37.4 Å². The molecule has 0 fully saturated rings. The van der Waals surface area contributed by atoms with Gasteiger partial charge in [0, 0.05) is 86.2 Å². The molecule has 0 saturated carbocycles. The highest BCUT2D eigenvalue weighted by molar-refractivity contribution is 7.80. The van der Waals surface area contributed by atoms with Gasteiger partial charge in [-0.05, 0) is 42.5 Å². The quantitative estimate of drug-likeness (QED) is 0.416. The fourth-order valence-corrected chi connectivity index (χ4v) is 4.78. The number of hydrogen-bond acceptors (Lipinski definition) is 7. The molecule has 0 aromatic heterocycles. The highest BCUT2D eigenvalue weighted by Gasteiger charge is 2.53. The number of benzene rings is 3. The lowest BCUT2D eigenvalue weighted by atomic mass is 9.77. The van der Waals surface area contributed by atoms with Crippen molar-refractivity contribution in [2.45, 2.75) is 5.60 Å². The van der Waals surface area contributed by atoms with Crippen LogP contribution in [0.2, 0.25) is 0 Å². The van der Waals surface area contributed by atoms with Crippen LogP contribution in [0.15, 0.2) is 54.6 Å². The van der Waals surface area contributed by atoms with Gasteiger partial charge in [0.1, 0.15) is 11.5 Å². The highest BCUT2D eigenvalue weighted by Crippen LogP contribution is 2.57. The zero-order chi connectivity index (χ0) is 24.9. The van der Waals surface area contributed by atoms with Gasteiger partial charge in [0.05, 0.1) is 5.56 Å². The number of fused-ring (bicyclic) bond motifs is 6. The van der Waals surface area contributed by atoms with E-state index in [0.717, 1.165) is 11.4 Å². The number of nitrogens with zero attached hydrogens (tertiary/aromatic N) is 2. The second kappa shape index (κ2) is 8.53. The Morgan fingerprint density at radius 2 is 1.49 bits per heavy atom. The summed E-state index contributed by atoms with van der Waals surface area (Å²) in [5, 5.41) is 2.84. The Labute approximate surface area is 210 Å². The van der Waals surface area contributed by atoms with Crippen LogP contribution < -0.4 is 19.9 Å². The van der Waals surface area contributed by atoms with Gasteiger partial charge >= 0.3 is 5.97 Å². The van der Waals surface area contributed by atoms with Crippen molar-refractivity contribution < 1.29 is 19.1 Å². The summed E-state index contributed by atoms with van der Waals surface area (Å²) in [6.45, 7) is 0.444. The number of esters is 1. The number of carbonyl (C=O) groups excluding carboxylic acids is 2. The van der Waals surface area contributed by atoms with Gasteiger partial charge in [0.15, 0.2) is 5.60 Å². The summed E-state index contributed by atoms with van der Waals surface area (Å²) in [7, 11) is 7.83. The number of ether oxygens (including phenoxy) is 2. The molecule has 5 rings (SSSR count). The minimum atomic E-state index is -1.23. The first-order chi connectivity index (χ1) is 16.8. The van der Waals surface area contributed by atoms with E-state index in [-0.39, 0.29) is 5.91 Å². The van der Waals surface area contributed by atoms with Crippen LogP contribution in [0.3, 0.4) is 0 Å². The number of anilines is 2. The molecule has 1 spiro atoms. The number of nitrogens with one attached hydrogen (secondary N) is 1. The lowest BCUT2D eigenvalue weighted by molar-refractivity contribution is 0.0224. The van der Waals surface area contributed by atoms with Crippen LogP contribution >= 0.6 is 12.6 Å². The summed E-state index contributed by atoms with van der Waals surface area (Å²) in [5.41, 5.74) is 3.62. The summed E-state index contributed by atoms with van der Waals surface area (Å²) in [6, 6.07) is 16.8. The summed E-state index contributed by atoms with van der Waals surface area (Å²) in [4.78, 5) is 29.9. The molecule has 2 heterocycles. The monoisotopic (exact) mass is 489 g/mol. The number of thiol groups is 1. The van der Waals surface area contributed by atoms with Gasteiger partial charge in [-0.25, -0.2) is 4.79 Å². The predicted molar refractivity (Wildman–Crippen MR) is 140 cm³/mol. The fraction of sp³-hybridized carbons (Fsp3) is 0.259. The molecule has 1 N–H and O–H groups in total. The molecule has 8 heteroatoms. The van der Waals surface area contributed by atoms with Crippen LogP contribution in [-0.2, 0) is 10.3 Å². The van der Waals surface area contributed by atoms with Crippen LogP contribution in [0.5, 0.6) is 11.5 Å². The molecule has 0 atom stereocenters. The lowest BCUT2D eigenvalue weighted by Crippen LogP contribution is -2.33. The summed E-state index contributed by atoms with van der Waals surface area (Å²) < 4.78 is 12.6. The Bertz CT molecular complexity index is 1290. The van der Waals surface area contributed by atoms with Crippen LogP contribution in [0.25, 0.3) is 0 Å². The third-order valence-corrected chi connectivity index (χ3v) is 6.69. The maximum absolute atomic E-state index is 13.2. The molecule has 2 aliphatic rings. The molecule has 180 valence electrons. The third kappa shape index (κ3) is 3.60. The molecule has 35 heavy (non-hydrogen) atoms. The summed E-state index contributed by atoms with van der Waals surface area (Å²) in [6.07, 6.45) is 0. The standard InChI is InChI=1S/C27H27N3O4S/c1-29(2)17-6-9-20-23(14-17)33-24-15-18(30(3)4)7-10-21(24)27(20)22-13-16(25(31)28-11-12-35)5-8-19(22)26(32)34-27/h5-10,13-15,35H,11-12H2,1-4H3,(H,28,31). The normalized spacial score (nSPS) is 14.4. The highest BCUT2D eigenvalue weighted by atomic mass is 32.1. The van der Waals surface area contributed by atoms with Gasteiger partial charge < -0.3 is 24.6 Å². The van der Waals surface area contributed by atoms with Crippen molar-refractivity contribution in [3.05, 3.63) is 82.4 Å². The SMILES string of the molecule is CN(C)c1ccc2c(c1)Oc1cc(N(C)C)ccc1C21OC(=O)c2ccc(C(=O)NCCS)cc21. The molecule has 0 bridgehead atoms. The van der Waals surface area contributed by atoms with E-state index < -0.39 is 11.6 Å². The van der Waals surface area contributed by atoms with Crippen LogP contribution in [0.4, 0.5) is 11.4 Å². The van der Waals surface area contributed by atoms with Gasteiger partial charge in [0.25, 0.3) is 5.91 Å². The van der Waals surface area contributed by atoms with E-state index in [4.69, 9.17) is 9.47 Å².